The Morgan fingerprint density at radius 2 is 2.27 bits per heavy atom. The minimum Gasteiger partial charge on any atom is -0.368 e. The van der Waals surface area contributed by atoms with Gasteiger partial charge in [-0.05, 0) is 0 Å². The van der Waals surface area contributed by atoms with Crippen LogP contribution in [0.3, 0.4) is 0 Å². The van der Waals surface area contributed by atoms with Crippen LogP contribution >= 0.6 is 0 Å². The van der Waals surface area contributed by atoms with Crippen molar-refractivity contribution in [3.63, 3.8) is 0 Å². The van der Waals surface area contributed by atoms with E-state index in [9.17, 15) is 4.79 Å². The van der Waals surface area contributed by atoms with E-state index in [2.05, 4.69) is 15.0 Å². The predicted molar refractivity (Wildman–Crippen MR) is 36.7 cm³/mol. The number of nitrogens with two attached hydrogens (primary N) is 1. The van der Waals surface area contributed by atoms with Crippen molar-refractivity contribution in [1.29, 1.82) is 0 Å². The highest BCUT2D eigenvalue weighted by atomic mass is 16.1. The van der Waals surface area contributed by atoms with Gasteiger partial charge in [-0.15, -0.1) is 0 Å². The van der Waals surface area contributed by atoms with Gasteiger partial charge in [0.25, 0.3) is 5.91 Å². The highest BCUT2D eigenvalue weighted by molar-refractivity contribution is 6.06. The van der Waals surface area contributed by atoms with Crippen LogP contribution in [-0.2, 0) is 4.79 Å². The number of amides is 1. The van der Waals surface area contributed by atoms with Crippen LogP contribution in [0.25, 0.3) is 6.08 Å². The lowest BCUT2D eigenvalue weighted by atomic mass is 10.4. The first kappa shape index (κ1) is 5.96. The Bertz CT molecular complexity index is 436. The summed E-state index contributed by atoms with van der Waals surface area (Å²) in [5.74, 6) is -0.171. The fraction of sp³-hybridized carbons (Fsp3) is 0. The first-order chi connectivity index (χ1) is 5.25. The normalized spacial score (nSPS) is 13.6. The maximum Gasteiger partial charge on any atom is 0.272 e. The molecule has 0 spiro atoms. The molecule has 0 radical (unpaired) electrons. The average molecular weight is 148 g/mol. The van der Waals surface area contributed by atoms with E-state index in [0.717, 1.165) is 0 Å². The second kappa shape index (κ2) is 1.85. The summed E-state index contributed by atoms with van der Waals surface area (Å²) in [6, 6.07) is 0. The maximum absolute atomic E-state index is 10.7. The van der Waals surface area contributed by atoms with E-state index >= 15 is 0 Å². The zero-order valence-corrected chi connectivity index (χ0v) is 5.48. The molecule has 1 amide bonds. The smallest absolute Gasteiger partial charge is 0.272 e. The number of aromatic nitrogens is 2. The van der Waals surface area contributed by atoms with Gasteiger partial charge in [0.05, 0.1) is 0 Å². The quantitative estimate of drug-likeness (QED) is 0.461. The fourth-order valence-corrected chi connectivity index (χ4v) is 0.856. The summed E-state index contributed by atoms with van der Waals surface area (Å²) in [7, 11) is 0. The molecule has 5 nitrogen and oxygen atoms in total. The van der Waals surface area contributed by atoms with Gasteiger partial charge in [-0.1, -0.05) is 0 Å². The summed E-state index contributed by atoms with van der Waals surface area (Å²) in [5, 5.41) is 0.629. The highest BCUT2D eigenvalue weighted by Gasteiger charge is 2.03. The molecule has 0 saturated carbocycles. The summed E-state index contributed by atoms with van der Waals surface area (Å²) < 4.78 is 0. The van der Waals surface area contributed by atoms with Gasteiger partial charge < -0.3 is 5.73 Å². The van der Waals surface area contributed by atoms with Gasteiger partial charge in [-0.3, -0.25) is 4.79 Å². The predicted octanol–water partition coefficient (Wildman–Crippen LogP) is -2.00. The van der Waals surface area contributed by atoms with Gasteiger partial charge in [-0.25, -0.2) is 4.98 Å². The maximum atomic E-state index is 10.7. The number of carbonyl (C=O) groups excluding carboxylic acids is 1. The molecule has 54 valence electrons. The van der Waals surface area contributed by atoms with Crippen LogP contribution < -0.4 is 16.4 Å². The Labute approximate surface area is 61.3 Å². The minimum atomic E-state index is -0.306. The molecule has 0 saturated heterocycles. The first-order valence-electron chi connectivity index (χ1n) is 2.99. The molecule has 1 aromatic rings. The van der Waals surface area contributed by atoms with Crippen molar-refractivity contribution in [1.82, 2.24) is 9.97 Å². The van der Waals surface area contributed by atoms with Crippen LogP contribution in [0.1, 0.15) is 0 Å². The van der Waals surface area contributed by atoms with Crippen LogP contribution in [0.4, 0.5) is 5.95 Å². The Morgan fingerprint density at radius 1 is 1.45 bits per heavy atom. The standard InChI is InChI=1S/C6H4N4O/c7-6-8-2-3-1-4(11)9-5(3)10-6/h1-2H,(H2,7,9,10,11). The van der Waals surface area contributed by atoms with Crippen molar-refractivity contribution >= 4 is 17.9 Å². The molecule has 2 heterocycles. The number of nitrogen functional groups attached to an aromatic ring is 1. The van der Waals surface area contributed by atoms with Gasteiger partial charge in [0.1, 0.15) is 0 Å². The minimum absolute atomic E-state index is 0.135. The van der Waals surface area contributed by atoms with Gasteiger partial charge in [0, 0.05) is 17.5 Å². The molecule has 2 rings (SSSR count). The van der Waals surface area contributed by atoms with Crippen molar-refractivity contribution in [2.24, 2.45) is 4.99 Å². The van der Waals surface area contributed by atoms with Gasteiger partial charge in [0.15, 0.2) is 5.49 Å². The summed E-state index contributed by atoms with van der Waals surface area (Å²) in [4.78, 5) is 21.7. The van der Waals surface area contributed by atoms with Crippen molar-refractivity contribution in [2.75, 3.05) is 5.73 Å². The monoisotopic (exact) mass is 148 g/mol. The van der Waals surface area contributed by atoms with E-state index in [1.165, 1.54) is 12.3 Å². The molecule has 0 aromatic carbocycles. The number of hydrogen-bond acceptors (Lipinski definition) is 4. The van der Waals surface area contributed by atoms with Crippen LogP contribution in [0, 0.1) is 0 Å². The SMILES string of the molecule is Nc1ncc2c(n1)=NC(=O)C=2. The Balaban J connectivity index is 2.89. The summed E-state index contributed by atoms with van der Waals surface area (Å²) in [6.07, 6.45) is 2.85. The molecule has 0 aliphatic carbocycles. The zero-order valence-electron chi connectivity index (χ0n) is 5.48. The summed E-state index contributed by atoms with van der Waals surface area (Å²) in [6.45, 7) is 0. The number of nitrogens with zero attached hydrogens (tertiary/aromatic N) is 3. The van der Waals surface area contributed by atoms with Gasteiger partial charge in [0.2, 0.25) is 5.95 Å². The highest BCUT2D eigenvalue weighted by Crippen LogP contribution is 1.82. The van der Waals surface area contributed by atoms with E-state index in [1.807, 2.05) is 0 Å². The third-order valence-electron chi connectivity index (χ3n) is 1.31. The lowest BCUT2D eigenvalue weighted by Crippen LogP contribution is -2.27. The largest absolute Gasteiger partial charge is 0.368 e. The Hall–Kier alpha value is -1.78. The van der Waals surface area contributed by atoms with Crippen molar-refractivity contribution in [2.45, 2.75) is 0 Å². The van der Waals surface area contributed by atoms with Gasteiger partial charge in [-0.2, -0.15) is 9.98 Å². The molecular formula is C6H4N4O. The Morgan fingerprint density at radius 3 is 3.09 bits per heavy atom. The molecule has 1 aromatic heterocycles. The van der Waals surface area contributed by atoms with Crippen molar-refractivity contribution < 1.29 is 4.79 Å². The molecule has 0 bridgehead atoms. The van der Waals surface area contributed by atoms with Crippen LogP contribution in [0.15, 0.2) is 11.2 Å². The lowest BCUT2D eigenvalue weighted by Gasteiger charge is -1.85. The second-order valence-electron chi connectivity index (χ2n) is 2.10. The molecule has 11 heavy (non-hydrogen) atoms. The molecule has 1 aliphatic rings. The third-order valence-corrected chi connectivity index (χ3v) is 1.31. The lowest BCUT2D eigenvalue weighted by molar-refractivity contribution is -0.112. The number of anilines is 1. The summed E-state index contributed by atoms with van der Waals surface area (Å²) >= 11 is 0. The molecule has 0 atom stereocenters. The topological polar surface area (TPSA) is 81.2 Å². The second-order valence-corrected chi connectivity index (χ2v) is 2.10. The van der Waals surface area contributed by atoms with E-state index in [1.54, 1.807) is 0 Å². The van der Waals surface area contributed by atoms with Gasteiger partial charge >= 0.3 is 0 Å². The van der Waals surface area contributed by atoms with E-state index < -0.39 is 0 Å². The van der Waals surface area contributed by atoms with E-state index in [0.29, 0.717) is 10.7 Å². The molecule has 1 aliphatic heterocycles. The van der Waals surface area contributed by atoms with E-state index in [-0.39, 0.29) is 11.9 Å². The third kappa shape index (κ3) is 0.861. The first-order valence-corrected chi connectivity index (χ1v) is 2.99. The van der Waals surface area contributed by atoms with E-state index in [4.69, 9.17) is 5.73 Å². The van der Waals surface area contributed by atoms with Crippen LogP contribution in [0.2, 0.25) is 0 Å². The molecule has 5 heteroatoms. The number of carbonyl (C=O) groups is 1. The zero-order chi connectivity index (χ0) is 7.84. The Kier molecular flexibility index (Phi) is 1.00. The van der Waals surface area contributed by atoms with Crippen molar-refractivity contribution in [3.05, 3.63) is 16.9 Å². The van der Waals surface area contributed by atoms with Crippen molar-refractivity contribution in [3.8, 4) is 0 Å². The summed E-state index contributed by atoms with van der Waals surface area (Å²) in [5.41, 5.74) is 5.63. The molecular weight excluding hydrogens is 144 g/mol. The average Bonchev–Trinajstić information content (AvgIpc) is 2.27. The van der Waals surface area contributed by atoms with Crippen LogP contribution in [-0.4, -0.2) is 15.9 Å². The number of hydrogen-bond donors (Lipinski definition) is 1. The number of fused-ring (bicyclic) bond motifs is 1. The fourth-order valence-electron chi connectivity index (χ4n) is 0.856. The molecule has 0 fully saturated rings. The van der Waals surface area contributed by atoms with Crippen LogP contribution in [0.5, 0.6) is 0 Å². The molecule has 0 unspecified atom stereocenters. The molecule has 2 N–H and O–H groups in total. The number of rotatable bonds is 0.